The van der Waals surface area contributed by atoms with E-state index in [1.807, 2.05) is 11.9 Å². The minimum atomic E-state index is 0. The number of amides is 1. The first-order valence-corrected chi connectivity index (χ1v) is 6.93. The number of nitrogens with one attached hydrogen (secondary N) is 1. The van der Waals surface area contributed by atoms with Crippen LogP contribution in [0.25, 0.3) is 0 Å². The molecule has 1 amide bonds. The summed E-state index contributed by atoms with van der Waals surface area (Å²) in [5.41, 5.74) is 0. The van der Waals surface area contributed by atoms with Crippen molar-refractivity contribution < 1.29 is 9.53 Å². The molecule has 1 unspecified atom stereocenters. The molecule has 19 heavy (non-hydrogen) atoms. The molecule has 0 aromatic carbocycles. The lowest BCUT2D eigenvalue weighted by molar-refractivity contribution is -0.136. The standard InChI is InChI=1S/C13H25N3O2.ClH/c1-15-6-3-11(4-7-15)16(2)13(17)9-12-10-14-5-8-18-12;/h11-12,14H,3-10H2,1-2H3;1H. The maximum Gasteiger partial charge on any atom is 0.225 e. The first kappa shape index (κ1) is 16.7. The molecule has 5 nitrogen and oxygen atoms in total. The Bertz CT molecular complexity index is 277. The molecule has 2 aliphatic rings. The third-order valence-corrected chi connectivity index (χ3v) is 4.04. The van der Waals surface area contributed by atoms with Gasteiger partial charge in [-0.15, -0.1) is 12.4 Å². The highest BCUT2D eigenvalue weighted by molar-refractivity contribution is 5.85. The van der Waals surface area contributed by atoms with E-state index in [1.54, 1.807) is 0 Å². The fourth-order valence-electron chi connectivity index (χ4n) is 2.68. The summed E-state index contributed by atoms with van der Waals surface area (Å²) in [5, 5.41) is 3.26. The van der Waals surface area contributed by atoms with Crippen LogP contribution in [0.5, 0.6) is 0 Å². The zero-order valence-electron chi connectivity index (χ0n) is 11.9. The number of ether oxygens (including phenoxy) is 1. The number of halogens is 1. The minimum absolute atomic E-state index is 0. The van der Waals surface area contributed by atoms with Crippen molar-refractivity contribution in [3.05, 3.63) is 0 Å². The topological polar surface area (TPSA) is 44.8 Å². The van der Waals surface area contributed by atoms with Gasteiger partial charge in [0.25, 0.3) is 0 Å². The average molecular weight is 292 g/mol. The van der Waals surface area contributed by atoms with Crippen LogP contribution in [0, 0.1) is 0 Å². The van der Waals surface area contributed by atoms with Gasteiger partial charge in [-0.1, -0.05) is 0 Å². The second kappa shape index (κ2) is 8.04. The Morgan fingerprint density at radius 2 is 2.11 bits per heavy atom. The maximum absolute atomic E-state index is 12.2. The fraction of sp³-hybridized carbons (Fsp3) is 0.923. The summed E-state index contributed by atoms with van der Waals surface area (Å²) in [6.07, 6.45) is 2.74. The number of hydrogen-bond acceptors (Lipinski definition) is 4. The molecule has 0 radical (unpaired) electrons. The molecule has 0 spiro atoms. The number of rotatable bonds is 3. The number of nitrogens with zero attached hydrogens (tertiary/aromatic N) is 2. The van der Waals surface area contributed by atoms with Crippen LogP contribution < -0.4 is 5.32 Å². The van der Waals surface area contributed by atoms with Crippen molar-refractivity contribution >= 4 is 18.3 Å². The molecule has 2 heterocycles. The molecule has 0 bridgehead atoms. The third-order valence-electron chi connectivity index (χ3n) is 4.04. The minimum Gasteiger partial charge on any atom is -0.375 e. The Morgan fingerprint density at radius 1 is 1.42 bits per heavy atom. The van der Waals surface area contributed by atoms with Crippen LogP contribution >= 0.6 is 12.4 Å². The van der Waals surface area contributed by atoms with Gasteiger partial charge in [-0.3, -0.25) is 4.79 Å². The zero-order valence-corrected chi connectivity index (χ0v) is 12.7. The van der Waals surface area contributed by atoms with Gasteiger partial charge in [-0.25, -0.2) is 0 Å². The first-order valence-electron chi connectivity index (χ1n) is 6.93. The van der Waals surface area contributed by atoms with Crippen molar-refractivity contribution in [3.63, 3.8) is 0 Å². The van der Waals surface area contributed by atoms with Crippen molar-refractivity contribution in [1.82, 2.24) is 15.1 Å². The number of likely N-dealkylation sites (tertiary alicyclic amines) is 1. The molecule has 0 aliphatic carbocycles. The summed E-state index contributed by atoms with van der Waals surface area (Å²) >= 11 is 0. The monoisotopic (exact) mass is 291 g/mol. The predicted octanol–water partition coefficient (Wildman–Crippen LogP) is 0.339. The molecular formula is C13H26ClN3O2. The van der Waals surface area contributed by atoms with Gasteiger partial charge in [0, 0.05) is 26.2 Å². The smallest absolute Gasteiger partial charge is 0.225 e. The first-order chi connectivity index (χ1) is 8.66. The molecule has 1 N–H and O–H groups in total. The molecule has 1 atom stereocenters. The zero-order chi connectivity index (χ0) is 13.0. The van der Waals surface area contributed by atoms with Gasteiger partial charge < -0.3 is 19.9 Å². The van der Waals surface area contributed by atoms with E-state index in [2.05, 4.69) is 17.3 Å². The summed E-state index contributed by atoms with van der Waals surface area (Å²) in [6, 6.07) is 0.408. The van der Waals surface area contributed by atoms with Crippen LogP contribution in [0.2, 0.25) is 0 Å². The SMILES string of the molecule is CN1CCC(N(C)C(=O)CC2CNCCO2)CC1.Cl. The Kier molecular flexibility index (Phi) is 7.07. The highest BCUT2D eigenvalue weighted by Gasteiger charge is 2.26. The van der Waals surface area contributed by atoms with E-state index in [1.165, 1.54) is 0 Å². The number of piperidine rings is 1. The molecule has 0 aromatic heterocycles. The molecule has 2 saturated heterocycles. The Morgan fingerprint density at radius 3 is 2.68 bits per heavy atom. The third kappa shape index (κ3) is 4.91. The van der Waals surface area contributed by atoms with Crippen molar-refractivity contribution in [2.24, 2.45) is 0 Å². The number of carbonyl (C=O) groups is 1. The Hall–Kier alpha value is -0.360. The number of carbonyl (C=O) groups excluding carboxylic acids is 1. The van der Waals surface area contributed by atoms with E-state index in [9.17, 15) is 4.79 Å². The fourth-order valence-corrected chi connectivity index (χ4v) is 2.68. The second-order valence-corrected chi connectivity index (χ2v) is 5.44. The van der Waals surface area contributed by atoms with Crippen LogP contribution in [-0.2, 0) is 9.53 Å². The van der Waals surface area contributed by atoms with Gasteiger partial charge in [0.1, 0.15) is 0 Å². The van der Waals surface area contributed by atoms with Gasteiger partial charge in [0.05, 0.1) is 19.1 Å². The van der Waals surface area contributed by atoms with Gasteiger partial charge in [0.15, 0.2) is 0 Å². The van der Waals surface area contributed by atoms with Crippen molar-refractivity contribution in [2.75, 3.05) is 46.9 Å². The normalized spacial score (nSPS) is 25.7. The molecule has 6 heteroatoms. The molecule has 112 valence electrons. The summed E-state index contributed by atoms with van der Waals surface area (Å²) < 4.78 is 5.58. The van der Waals surface area contributed by atoms with Crippen LogP contribution in [0.1, 0.15) is 19.3 Å². The van der Waals surface area contributed by atoms with Crippen LogP contribution in [-0.4, -0.2) is 74.7 Å². The summed E-state index contributed by atoms with van der Waals surface area (Å²) in [4.78, 5) is 16.5. The van der Waals surface area contributed by atoms with E-state index in [4.69, 9.17) is 4.74 Å². The molecule has 0 saturated carbocycles. The Balaban J connectivity index is 0.00000180. The lowest BCUT2D eigenvalue weighted by Gasteiger charge is -2.36. The predicted molar refractivity (Wildman–Crippen MR) is 77.8 cm³/mol. The highest BCUT2D eigenvalue weighted by Crippen LogP contribution is 2.16. The van der Waals surface area contributed by atoms with Crippen LogP contribution in [0.15, 0.2) is 0 Å². The van der Waals surface area contributed by atoms with Gasteiger partial charge >= 0.3 is 0 Å². The summed E-state index contributed by atoms with van der Waals surface area (Å²) in [6.45, 7) is 4.59. The van der Waals surface area contributed by atoms with E-state index < -0.39 is 0 Å². The van der Waals surface area contributed by atoms with Gasteiger partial charge in [0.2, 0.25) is 5.91 Å². The van der Waals surface area contributed by atoms with Gasteiger partial charge in [-0.05, 0) is 33.0 Å². The van der Waals surface area contributed by atoms with Crippen molar-refractivity contribution in [2.45, 2.75) is 31.4 Å². The largest absolute Gasteiger partial charge is 0.375 e. The molecule has 0 aromatic rings. The molecule has 2 aliphatic heterocycles. The van der Waals surface area contributed by atoms with E-state index in [0.717, 1.165) is 45.6 Å². The highest BCUT2D eigenvalue weighted by atomic mass is 35.5. The lowest BCUT2D eigenvalue weighted by atomic mass is 10.0. The molecule has 2 fully saturated rings. The van der Waals surface area contributed by atoms with Crippen molar-refractivity contribution in [1.29, 1.82) is 0 Å². The number of hydrogen-bond donors (Lipinski definition) is 1. The average Bonchev–Trinajstić information content (AvgIpc) is 2.40. The quantitative estimate of drug-likeness (QED) is 0.814. The lowest BCUT2D eigenvalue weighted by Crippen LogP contribution is -2.47. The maximum atomic E-state index is 12.2. The van der Waals surface area contributed by atoms with E-state index in [-0.39, 0.29) is 24.4 Å². The Labute approximate surface area is 122 Å². The van der Waals surface area contributed by atoms with Crippen molar-refractivity contribution in [3.8, 4) is 0 Å². The summed E-state index contributed by atoms with van der Waals surface area (Å²) in [7, 11) is 4.08. The van der Waals surface area contributed by atoms with E-state index in [0.29, 0.717) is 12.5 Å². The number of morpholine rings is 1. The summed E-state index contributed by atoms with van der Waals surface area (Å²) in [5.74, 6) is 0.221. The molecule has 2 rings (SSSR count). The van der Waals surface area contributed by atoms with E-state index >= 15 is 0 Å². The van der Waals surface area contributed by atoms with Gasteiger partial charge in [-0.2, -0.15) is 0 Å². The van der Waals surface area contributed by atoms with Crippen LogP contribution in [0.4, 0.5) is 0 Å². The van der Waals surface area contributed by atoms with Crippen LogP contribution in [0.3, 0.4) is 0 Å². The second-order valence-electron chi connectivity index (χ2n) is 5.44. The molecular weight excluding hydrogens is 266 g/mol.